The smallest absolute Gasteiger partial charge is 0.399 e. The number of carbonyl (C=O) groups is 1. The minimum atomic E-state index is -0.505. The Kier molecular flexibility index (Phi) is 3.50. The average molecular weight is 115 g/mol. The van der Waals surface area contributed by atoms with Crippen molar-refractivity contribution in [2.24, 2.45) is 0 Å². The van der Waals surface area contributed by atoms with Crippen LogP contribution in [0.4, 0.5) is 0 Å². The molecule has 0 aliphatic carbocycles. The number of nitrogens with zero attached hydrogens (tertiary/aromatic N) is 2. The summed E-state index contributed by atoms with van der Waals surface area (Å²) in [5, 5.41) is 7.79. The molecule has 8 heavy (non-hydrogen) atoms. The number of ether oxygens (including phenoxy) is 1. The molecule has 4 nitrogen and oxygen atoms in total. The van der Waals surface area contributed by atoms with Crippen LogP contribution in [0.1, 0.15) is 6.92 Å². The number of carbonyl (C=O) groups excluding carboxylic acids is 1. The highest BCUT2D eigenvalue weighted by atomic mass is 16.5. The first-order chi connectivity index (χ1) is 3.81. The van der Waals surface area contributed by atoms with Gasteiger partial charge in [-0.2, -0.15) is 0 Å². The molecule has 0 saturated carbocycles. The summed E-state index contributed by atoms with van der Waals surface area (Å²) in [6.07, 6.45) is 0. The lowest BCUT2D eigenvalue weighted by Crippen LogP contribution is -2.05. The minimum absolute atomic E-state index is 0.270. The van der Waals surface area contributed by atoms with Gasteiger partial charge in [-0.15, -0.1) is 0 Å². The lowest BCUT2D eigenvalue weighted by Gasteiger charge is -1.88. The van der Waals surface area contributed by atoms with E-state index in [0.29, 0.717) is 6.61 Å². The van der Waals surface area contributed by atoms with Gasteiger partial charge in [0.2, 0.25) is 5.39 Å². The highest BCUT2D eigenvalue weighted by Crippen LogP contribution is 1.76. The summed E-state index contributed by atoms with van der Waals surface area (Å²) in [6.45, 7) is 1.75. The standard InChI is InChI=1S/C4H7N2O2/c1-2-8-4(7)3-6-5/h2-3H2,1H3/q+1. The van der Waals surface area contributed by atoms with Crippen molar-refractivity contribution in [3.8, 4) is 0 Å². The lowest BCUT2D eigenvalue weighted by molar-refractivity contribution is -0.140. The highest BCUT2D eigenvalue weighted by molar-refractivity contribution is 5.72. The van der Waals surface area contributed by atoms with Crippen LogP contribution in [0.2, 0.25) is 0 Å². The van der Waals surface area contributed by atoms with Crippen molar-refractivity contribution in [1.29, 1.82) is 5.39 Å². The molecule has 0 unspecified atom stereocenters. The molecule has 0 amide bonds. The van der Waals surface area contributed by atoms with Crippen molar-refractivity contribution in [1.82, 2.24) is 0 Å². The molecule has 0 atom stereocenters. The Bertz CT molecular complexity index is 116. The van der Waals surface area contributed by atoms with E-state index in [-0.39, 0.29) is 6.54 Å². The van der Waals surface area contributed by atoms with E-state index < -0.39 is 5.97 Å². The molecule has 0 heterocycles. The summed E-state index contributed by atoms with van der Waals surface area (Å²) in [6, 6.07) is 0. The van der Waals surface area contributed by atoms with E-state index in [0.717, 1.165) is 0 Å². The maximum absolute atomic E-state index is 10.2. The van der Waals surface area contributed by atoms with E-state index in [9.17, 15) is 4.79 Å². The molecule has 4 heteroatoms. The summed E-state index contributed by atoms with van der Waals surface area (Å²) in [5.74, 6) is -0.505. The third-order valence-corrected chi connectivity index (χ3v) is 0.505. The van der Waals surface area contributed by atoms with Crippen molar-refractivity contribution < 1.29 is 9.53 Å². The van der Waals surface area contributed by atoms with Crippen LogP contribution in [-0.2, 0) is 9.53 Å². The van der Waals surface area contributed by atoms with E-state index in [2.05, 4.69) is 9.71 Å². The number of hydrogen-bond acceptors (Lipinski definition) is 3. The number of hydrogen-bond donors (Lipinski definition) is 0. The van der Waals surface area contributed by atoms with E-state index in [1.165, 1.54) is 0 Å². The molecule has 0 saturated heterocycles. The molecule has 0 aliphatic rings. The third kappa shape index (κ3) is 3.09. The van der Waals surface area contributed by atoms with Gasteiger partial charge in [0.05, 0.1) is 6.61 Å². The zero-order valence-corrected chi connectivity index (χ0v) is 4.63. The molecule has 0 aromatic rings. The van der Waals surface area contributed by atoms with Crippen LogP contribution in [0, 0.1) is 5.39 Å². The van der Waals surface area contributed by atoms with Crippen molar-refractivity contribution in [3.05, 3.63) is 4.98 Å². The molecular formula is C4H7N2O2+. The molecule has 44 valence electrons. The molecule has 0 aliphatic heterocycles. The van der Waals surface area contributed by atoms with Gasteiger partial charge in [-0.05, 0) is 6.92 Å². The van der Waals surface area contributed by atoms with Gasteiger partial charge in [-0.1, -0.05) is 0 Å². The Morgan fingerprint density at radius 3 is 2.88 bits per heavy atom. The molecule has 0 aromatic heterocycles. The molecule has 0 aromatic carbocycles. The number of rotatable bonds is 2. The average Bonchev–Trinajstić information content (AvgIpc) is 1.68. The Hall–Kier alpha value is -1.11. The van der Waals surface area contributed by atoms with Crippen molar-refractivity contribution in [2.45, 2.75) is 6.92 Å². The largest absolute Gasteiger partial charge is 0.460 e. The zero-order chi connectivity index (χ0) is 6.41. The Morgan fingerprint density at radius 2 is 2.50 bits per heavy atom. The van der Waals surface area contributed by atoms with Gasteiger partial charge in [0.15, 0.2) is 0 Å². The van der Waals surface area contributed by atoms with Crippen LogP contribution in [0.25, 0.3) is 4.98 Å². The van der Waals surface area contributed by atoms with Crippen LogP contribution in [0.15, 0.2) is 0 Å². The van der Waals surface area contributed by atoms with Gasteiger partial charge in [0.25, 0.3) is 0 Å². The zero-order valence-electron chi connectivity index (χ0n) is 4.63. The maximum Gasteiger partial charge on any atom is 0.399 e. The Morgan fingerprint density at radius 1 is 1.88 bits per heavy atom. The second kappa shape index (κ2) is 4.06. The van der Waals surface area contributed by atoms with Gasteiger partial charge in [0, 0.05) is 0 Å². The minimum Gasteiger partial charge on any atom is -0.460 e. The van der Waals surface area contributed by atoms with Gasteiger partial charge >= 0.3 is 12.5 Å². The molecule has 0 spiro atoms. The van der Waals surface area contributed by atoms with Crippen LogP contribution >= 0.6 is 0 Å². The Labute approximate surface area is 47.1 Å². The van der Waals surface area contributed by atoms with E-state index >= 15 is 0 Å². The summed E-state index contributed by atoms with van der Waals surface area (Å²) in [5.41, 5.74) is 0. The number of esters is 1. The van der Waals surface area contributed by atoms with Crippen LogP contribution in [0.5, 0.6) is 0 Å². The van der Waals surface area contributed by atoms with E-state index in [1.807, 2.05) is 0 Å². The quantitative estimate of drug-likeness (QED) is 0.386. The third-order valence-electron chi connectivity index (χ3n) is 0.505. The first-order valence-corrected chi connectivity index (χ1v) is 2.27. The molecule has 0 radical (unpaired) electrons. The maximum atomic E-state index is 10.2. The fraction of sp³-hybridized carbons (Fsp3) is 0.750. The predicted octanol–water partition coefficient (Wildman–Crippen LogP) is 0.403. The van der Waals surface area contributed by atoms with Crippen molar-refractivity contribution >= 4 is 5.97 Å². The number of diazo groups is 1. The predicted molar refractivity (Wildman–Crippen MR) is 26.6 cm³/mol. The second-order valence-electron chi connectivity index (χ2n) is 1.10. The van der Waals surface area contributed by atoms with Crippen LogP contribution < -0.4 is 0 Å². The van der Waals surface area contributed by atoms with Crippen LogP contribution in [0.3, 0.4) is 0 Å². The summed E-state index contributed by atoms with van der Waals surface area (Å²) < 4.78 is 4.39. The summed E-state index contributed by atoms with van der Waals surface area (Å²) >= 11 is 0. The van der Waals surface area contributed by atoms with E-state index in [4.69, 9.17) is 5.39 Å². The van der Waals surface area contributed by atoms with Gasteiger partial charge in [-0.3, -0.25) is 0 Å². The van der Waals surface area contributed by atoms with Gasteiger partial charge < -0.3 is 4.74 Å². The molecule has 0 fully saturated rings. The molecule has 0 N–H and O–H groups in total. The Balaban J connectivity index is 3.23. The highest BCUT2D eigenvalue weighted by Gasteiger charge is 2.07. The fourth-order valence-corrected chi connectivity index (χ4v) is 0.264. The second-order valence-corrected chi connectivity index (χ2v) is 1.10. The first kappa shape index (κ1) is 6.89. The lowest BCUT2D eigenvalue weighted by atomic mass is 10.7. The summed E-state index contributed by atoms with van der Waals surface area (Å²) in [4.78, 5) is 12.7. The van der Waals surface area contributed by atoms with E-state index in [1.54, 1.807) is 6.92 Å². The summed E-state index contributed by atoms with van der Waals surface area (Å²) in [7, 11) is 0. The normalized spacial score (nSPS) is 7.50. The van der Waals surface area contributed by atoms with Crippen molar-refractivity contribution in [2.75, 3.05) is 13.2 Å². The van der Waals surface area contributed by atoms with Crippen LogP contribution in [-0.4, -0.2) is 19.1 Å². The van der Waals surface area contributed by atoms with Gasteiger partial charge in [0.1, 0.15) is 4.98 Å². The SMILES string of the molecule is CCOC(=O)C[N+]#N. The monoisotopic (exact) mass is 115 g/mol. The molecule has 0 bridgehead atoms. The topological polar surface area (TPSA) is 54.5 Å². The first-order valence-electron chi connectivity index (χ1n) is 2.27. The van der Waals surface area contributed by atoms with Gasteiger partial charge in [-0.25, -0.2) is 4.79 Å². The fourth-order valence-electron chi connectivity index (χ4n) is 0.264. The molecule has 0 rings (SSSR count). The van der Waals surface area contributed by atoms with Crippen molar-refractivity contribution in [3.63, 3.8) is 0 Å². The molecular weight excluding hydrogens is 108 g/mol.